The Bertz CT molecular complexity index is 87.6. The van der Waals surface area contributed by atoms with Gasteiger partial charge in [0.15, 0.2) is 0 Å². The van der Waals surface area contributed by atoms with E-state index in [-0.39, 0.29) is 0 Å². The summed E-state index contributed by atoms with van der Waals surface area (Å²) in [6.45, 7) is 1.45. The molecule has 1 aliphatic carbocycles. The van der Waals surface area contributed by atoms with E-state index in [0.717, 1.165) is 6.61 Å². The standard InChI is InChI=1S/C9H17O2/c1-10-7-8-11-9-5-3-2-4-6-9/h5,9H,2-4,6-8H2,1H3. The Morgan fingerprint density at radius 3 is 2.91 bits per heavy atom. The molecule has 1 saturated carbocycles. The first-order chi connectivity index (χ1) is 5.43. The number of rotatable bonds is 4. The molecule has 0 heterocycles. The fourth-order valence-electron chi connectivity index (χ4n) is 1.35. The predicted octanol–water partition coefficient (Wildman–Crippen LogP) is 1.80. The van der Waals surface area contributed by atoms with Gasteiger partial charge in [-0.2, -0.15) is 0 Å². The molecule has 0 amide bonds. The second kappa shape index (κ2) is 5.56. The van der Waals surface area contributed by atoms with Gasteiger partial charge in [-0.15, -0.1) is 0 Å². The molecule has 0 aromatic carbocycles. The Labute approximate surface area is 68.9 Å². The normalized spacial score (nSPS) is 20.5. The van der Waals surface area contributed by atoms with Gasteiger partial charge in [-0.1, -0.05) is 12.8 Å². The van der Waals surface area contributed by atoms with Gasteiger partial charge in [-0.25, -0.2) is 0 Å². The molecule has 2 nitrogen and oxygen atoms in total. The zero-order valence-corrected chi connectivity index (χ0v) is 7.21. The lowest BCUT2D eigenvalue weighted by Crippen LogP contribution is -2.19. The summed E-state index contributed by atoms with van der Waals surface area (Å²) >= 11 is 0. The molecule has 0 bridgehead atoms. The fourth-order valence-corrected chi connectivity index (χ4v) is 1.35. The average Bonchev–Trinajstić information content (AvgIpc) is 2.07. The Morgan fingerprint density at radius 2 is 2.27 bits per heavy atom. The zero-order valence-electron chi connectivity index (χ0n) is 7.21. The molecule has 1 radical (unpaired) electrons. The first kappa shape index (κ1) is 9.01. The van der Waals surface area contributed by atoms with Gasteiger partial charge >= 0.3 is 0 Å². The van der Waals surface area contributed by atoms with Crippen molar-refractivity contribution in [2.24, 2.45) is 0 Å². The summed E-state index contributed by atoms with van der Waals surface area (Å²) < 4.78 is 10.4. The Balaban J connectivity index is 1.96. The summed E-state index contributed by atoms with van der Waals surface area (Å²) in [6, 6.07) is 0. The van der Waals surface area contributed by atoms with Crippen molar-refractivity contribution in [1.29, 1.82) is 0 Å². The van der Waals surface area contributed by atoms with Crippen molar-refractivity contribution in [2.45, 2.75) is 31.8 Å². The molecule has 1 unspecified atom stereocenters. The van der Waals surface area contributed by atoms with Gasteiger partial charge in [0.1, 0.15) is 0 Å². The van der Waals surface area contributed by atoms with E-state index in [9.17, 15) is 0 Å². The quantitative estimate of drug-likeness (QED) is 0.579. The monoisotopic (exact) mass is 157 g/mol. The molecule has 1 fully saturated rings. The smallest absolute Gasteiger partial charge is 0.0704 e. The highest BCUT2D eigenvalue weighted by molar-refractivity contribution is 4.81. The summed E-state index contributed by atoms with van der Waals surface area (Å²) in [4.78, 5) is 0. The number of hydrogen-bond donors (Lipinski definition) is 0. The van der Waals surface area contributed by atoms with E-state index in [1.165, 1.54) is 25.7 Å². The molecule has 1 rings (SSSR count). The summed E-state index contributed by atoms with van der Waals surface area (Å²) in [7, 11) is 1.70. The molecular weight excluding hydrogens is 140 g/mol. The van der Waals surface area contributed by atoms with Crippen molar-refractivity contribution in [3.63, 3.8) is 0 Å². The minimum absolute atomic E-state index is 0.402. The van der Waals surface area contributed by atoms with E-state index in [0.29, 0.717) is 12.7 Å². The van der Waals surface area contributed by atoms with Crippen LogP contribution in [0.2, 0.25) is 0 Å². The lowest BCUT2D eigenvalue weighted by Gasteiger charge is -2.21. The molecule has 11 heavy (non-hydrogen) atoms. The van der Waals surface area contributed by atoms with Crippen LogP contribution in [0, 0.1) is 6.42 Å². The van der Waals surface area contributed by atoms with Crippen LogP contribution < -0.4 is 0 Å². The van der Waals surface area contributed by atoms with E-state index < -0.39 is 0 Å². The number of methoxy groups -OCH3 is 1. The molecule has 0 saturated heterocycles. The van der Waals surface area contributed by atoms with Crippen LogP contribution in [0.25, 0.3) is 0 Å². The molecular formula is C9H17O2. The third kappa shape index (κ3) is 3.73. The van der Waals surface area contributed by atoms with E-state index in [4.69, 9.17) is 9.47 Å². The first-order valence-corrected chi connectivity index (χ1v) is 4.37. The second-order valence-corrected chi connectivity index (χ2v) is 2.92. The summed E-state index contributed by atoms with van der Waals surface area (Å²) in [5.74, 6) is 0. The summed E-state index contributed by atoms with van der Waals surface area (Å²) in [5, 5.41) is 0. The molecule has 1 aliphatic rings. The Morgan fingerprint density at radius 1 is 1.36 bits per heavy atom. The van der Waals surface area contributed by atoms with E-state index in [1.807, 2.05) is 0 Å². The number of hydrogen-bond acceptors (Lipinski definition) is 2. The van der Waals surface area contributed by atoms with Gasteiger partial charge in [-0.05, 0) is 19.3 Å². The van der Waals surface area contributed by atoms with Crippen LogP contribution in [0.5, 0.6) is 0 Å². The van der Waals surface area contributed by atoms with Crippen molar-refractivity contribution in [2.75, 3.05) is 20.3 Å². The van der Waals surface area contributed by atoms with Crippen molar-refractivity contribution in [3.8, 4) is 0 Å². The molecule has 0 aliphatic heterocycles. The fraction of sp³-hybridized carbons (Fsp3) is 0.889. The Hall–Kier alpha value is -0.0800. The maximum absolute atomic E-state index is 5.54. The van der Waals surface area contributed by atoms with Gasteiger partial charge in [0.05, 0.1) is 19.3 Å². The molecule has 65 valence electrons. The van der Waals surface area contributed by atoms with Crippen molar-refractivity contribution in [1.82, 2.24) is 0 Å². The molecule has 2 heteroatoms. The number of ether oxygens (including phenoxy) is 2. The van der Waals surface area contributed by atoms with Gasteiger partial charge in [0.2, 0.25) is 0 Å². The highest BCUT2D eigenvalue weighted by Crippen LogP contribution is 2.18. The van der Waals surface area contributed by atoms with Crippen LogP contribution in [0.3, 0.4) is 0 Å². The summed E-state index contributed by atoms with van der Waals surface area (Å²) in [6.07, 6.45) is 7.75. The predicted molar refractivity (Wildman–Crippen MR) is 44.4 cm³/mol. The SMILES string of the molecule is COCCOC1[CH]CCCC1. The van der Waals surface area contributed by atoms with Crippen molar-refractivity contribution in [3.05, 3.63) is 6.42 Å². The Kier molecular flexibility index (Phi) is 4.55. The van der Waals surface area contributed by atoms with Crippen molar-refractivity contribution >= 4 is 0 Å². The third-order valence-corrected chi connectivity index (χ3v) is 1.99. The maximum atomic E-state index is 5.54. The van der Waals surface area contributed by atoms with E-state index in [1.54, 1.807) is 7.11 Å². The average molecular weight is 157 g/mol. The third-order valence-electron chi connectivity index (χ3n) is 1.99. The van der Waals surface area contributed by atoms with E-state index in [2.05, 4.69) is 6.42 Å². The van der Waals surface area contributed by atoms with Crippen LogP contribution in [0.1, 0.15) is 25.7 Å². The lowest BCUT2D eigenvalue weighted by molar-refractivity contribution is 0.0214. The molecule has 0 N–H and O–H groups in total. The van der Waals surface area contributed by atoms with Crippen molar-refractivity contribution < 1.29 is 9.47 Å². The van der Waals surface area contributed by atoms with Gasteiger partial charge in [0.25, 0.3) is 0 Å². The van der Waals surface area contributed by atoms with Crippen LogP contribution in [-0.4, -0.2) is 26.4 Å². The van der Waals surface area contributed by atoms with E-state index >= 15 is 0 Å². The highest BCUT2D eigenvalue weighted by Gasteiger charge is 2.12. The van der Waals surface area contributed by atoms with Crippen LogP contribution in [0.15, 0.2) is 0 Å². The summed E-state index contributed by atoms with van der Waals surface area (Å²) in [5.41, 5.74) is 0. The van der Waals surface area contributed by atoms with Crippen LogP contribution in [0.4, 0.5) is 0 Å². The zero-order chi connectivity index (χ0) is 7.94. The molecule has 0 spiro atoms. The maximum Gasteiger partial charge on any atom is 0.0704 e. The molecule has 0 aromatic heterocycles. The minimum atomic E-state index is 0.402. The lowest BCUT2D eigenvalue weighted by atomic mass is 9.98. The van der Waals surface area contributed by atoms with Crippen LogP contribution >= 0.6 is 0 Å². The van der Waals surface area contributed by atoms with Gasteiger partial charge < -0.3 is 9.47 Å². The highest BCUT2D eigenvalue weighted by atomic mass is 16.5. The topological polar surface area (TPSA) is 18.5 Å². The van der Waals surface area contributed by atoms with Gasteiger partial charge in [-0.3, -0.25) is 0 Å². The van der Waals surface area contributed by atoms with Gasteiger partial charge in [0, 0.05) is 7.11 Å². The minimum Gasteiger partial charge on any atom is -0.382 e. The largest absolute Gasteiger partial charge is 0.382 e. The first-order valence-electron chi connectivity index (χ1n) is 4.37. The molecule has 1 atom stereocenters. The molecule has 0 aromatic rings. The van der Waals surface area contributed by atoms with Crippen LogP contribution in [-0.2, 0) is 9.47 Å². The second-order valence-electron chi connectivity index (χ2n) is 2.92.